The van der Waals surface area contributed by atoms with Gasteiger partial charge in [0.2, 0.25) is 0 Å². The molecule has 0 spiro atoms. The van der Waals surface area contributed by atoms with Gasteiger partial charge in [-0.1, -0.05) is 50.8 Å². The smallest absolute Gasteiger partial charge is 0.744 e. The van der Waals surface area contributed by atoms with Crippen LogP contribution in [0.5, 0.6) is 11.5 Å². The Hall–Kier alpha value is -0.850. The van der Waals surface area contributed by atoms with E-state index in [-0.39, 0.29) is 34.5 Å². The molecule has 0 aliphatic rings. The van der Waals surface area contributed by atoms with Gasteiger partial charge in [-0.3, -0.25) is 0 Å². The average Bonchev–Trinajstić information content (AvgIpc) is 2.56. The Labute approximate surface area is 172 Å². The normalized spacial score (nSPS) is 11.0. The first kappa shape index (κ1) is 22.2. The second kappa shape index (κ2) is 11.0. The van der Waals surface area contributed by atoms with Crippen LogP contribution >= 0.6 is 0 Å². The molecule has 4 nitrogen and oxygen atoms in total. The molecule has 0 bridgehead atoms. The van der Waals surface area contributed by atoms with Crippen molar-refractivity contribution in [3.05, 3.63) is 54.1 Å². The third-order valence-corrected chi connectivity index (χ3v) is 4.65. The predicted molar refractivity (Wildman–Crippen MR) is 93.4 cm³/mol. The molecule has 0 aliphatic heterocycles. The minimum atomic E-state index is -4.47. The van der Waals surface area contributed by atoms with Crippen LogP contribution in [0.15, 0.2) is 53.4 Å². The molecule has 0 amide bonds. The molecule has 25 heavy (non-hydrogen) atoms. The van der Waals surface area contributed by atoms with Gasteiger partial charge < -0.3 is 9.29 Å². The summed E-state index contributed by atoms with van der Waals surface area (Å²) in [5.74, 6) is 0.949. The van der Waals surface area contributed by atoms with Gasteiger partial charge in [-0.15, -0.1) is 0 Å². The molecule has 2 rings (SSSR count). The van der Waals surface area contributed by atoms with Gasteiger partial charge in [0.05, 0.1) is 4.90 Å². The van der Waals surface area contributed by atoms with E-state index in [1.54, 1.807) is 6.07 Å². The quantitative estimate of drug-likeness (QED) is 0.384. The molecule has 0 N–H and O–H groups in total. The van der Waals surface area contributed by atoms with Crippen LogP contribution in [0.2, 0.25) is 0 Å². The maximum Gasteiger partial charge on any atom is 1.00 e. The van der Waals surface area contributed by atoms with Crippen molar-refractivity contribution in [1.29, 1.82) is 0 Å². The van der Waals surface area contributed by atoms with Crippen molar-refractivity contribution in [2.75, 3.05) is 0 Å². The molecule has 6 heteroatoms. The maximum atomic E-state index is 11.0. The van der Waals surface area contributed by atoms with Crippen molar-refractivity contribution in [2.45, 2.75) is 50.3 Å². The van der Waals surface area contributed by atoms with Crippen molar-refractivity contribution >= 4 is 10.1 Å². The van der Waals surface area contributed by atoms with Crippen LogP contribution in [0.4, 0.5) is 0 Å². The average molecular weight is 370 g/mol. The summed E-state index contributed by atoms with van der Waals surface area (Å²) in [7, 11) is -4.47. The van der Waals surface area contributed by atoms with Gasteiger partial charge in [0.25, 0.3) is 0 Å². The molecule has 0 fully saturated rings. The molecule has 0 aromatic heterocycles. The Bertz CT molecular complexity index is 742. The molecular weight excluding hydrogens is 347 g/mol. The molecule has 0 atom stereocenters. The number of benzene rings is 2. The summed E-state index contributed by atoms with van der Waals surface area (Å²) in [5, 5.41) is 0. The number of rotatable bonds is 9. The van der Waals surface area contributed by atoms with Crippen LogP contribution in [0, 0.1) is 0 Å². The van der Waals surface area contributed by atoms with Crippen molar-refractivity contribution < 1.29 is 47.3 Å². The summed E-state index contributed by atoms with van der Waals surface area (Å²) in [6, 6.07) is 13.4. The topological polar surface area (TPSA) is 66.4 Å². The van der Waals surface area contributed by atoms with Gasteiger partial charge in [-0.2, -0.15) is 0 Å². The van der Waals surface area contributed by atoms with Crippen LogP contribution in [0.1, 0.15) is 44.6 Å². The number of hydrogen-bond acceptors (Lipinski definition) is 4. The molecule has 2 aromatic rings. The second-order valence-electron chi connectivity index (χ2n) is 5.84. The molecule has 0 saturated carbocycles. The van der Waals surface area contributed by atoms with E-state index in [1.165, 1.54) is 55.9 Å². The Morgan fingerprint density at radius 3 is 2.24 bits per heavy atom. The molecular formula is C19H23NaO4S. The van der Waals surface area contributed by atoms with Gasteiger partial charge in [0.15, 0.2) is 0 Å². The monoisotopic (exact) mass is 370 g/mol. The van der Waals surface area contributed by atoms with Crippen molar-refractivity contribution in [3.8, 4) is 11.5 Å². The summed E-state index contributed by atoms with van der Waals surface area (Å²) >= 11 is 0. The summed E-state index contributed by atoms with van der Waals surface area (Å²) in [6.07, 6.45) is 7.32. The Morgan fingerprint density at radius 2 is 1.60 bits per heavy atom. The van der Waals surface area contributed by atoms with E-state index >= 15 is 0 Å². The fraction of sp³-hybridized carbons (Fsp3) is 0.368. The van der Waals surface area contributed by atoms with E-state index in [0.717, 1.165) is 6.42 Å². The molecule has 0 unspecified atom stereocenters. The zero-order valence-corrected chi connectivity index (χ0v) is 17.7. The fourth-order valence-corrected chi connectivity index (χ4v) is 2.99. The minimum absolute atomic E-state index is 0. The summed E-state index contributed by atoms with van der Waals surface area (Å²) in [4.78, 5) is -0.288. The third kappa shape index (κ3) is 7.92. The van der Waals surface area contributed by atoms with E-state index in [4.69, 9.17) is 4.74 Å². The first-order valence-corrected chi connectivity index (χ1v) is 9.72. The summed E-state index contributed by atoms with van der Waals surface area (Å²) in [5.41, 5.74) is 1.26. The van der Waals surface area contributed by atoms with Gasteiger partial charge >= 0.3 is 29.6 Å². The number of aryl methyl sites for hydroxylation is 1. The van der Waals surface area contributed by atoms with Crippen molar-refractivity contribution in [3.63, 3.8) is 0 Å². The van der Waals surface area contributed by atoms with Crippen molar-refractivity contribution in [1.82, 2.24) is 0 Å². The van der Waals surface area contributed by atoms with Crippen molar-refractivity contribution in [2.24, 2.45) is 0 Å². The standard InChI is InChI=1S/C19H24O4S.Na/c1-2-3-4-5-6-8-16-11-13-17(14-12-16)23-18-9-7-10-19(15-18)24(20,21)22;/h7,9-15H,2-6,8H2,1H3,(H,20,21,22);/q;+1/p-1. The second-order valence-corrected chi connectivity index (χ2v) is 7.22. The van der Waals surface area contributed by atoms with Crippen LogP contribution in [0.3, 0.4) is 0 Å². The number of unbranched alkanes of at least 4 members (excludes halogenated alkanes) is 4. The van der Waals surface area contributed by atoms with Gasteiger partial charge in [0, 0.05) is 0 Å². The zero-order valence-electron chi connectivity index (χ0n) is 14.9. The molecule has 0 radical (unpaired) electrons. The zero-order chi connectivity index (χ0) is 17.4. The fourth-order valence-electron chi connectivity index (χ4n) is 2.49. The number of hydrogen-bond donors (Lipinski definition) is 0. The maximum absolute atomic E-state index is 11.0. The molecule has 0 aliphatic carbocycles. The van der Waals surface area contributed by atoms with E-state index in [9.17, 15) is 13.0 Å². The molecule has 130 valence electrons. The Balaban J connectivity index is 0.00000312. The van der Waals surface area contributed by atoms with Crippen LogP contribution < -0.4 is 34.3 Å². The van der Waals surface area contributed by atoms with E-state index in [2.05, 4.69) is 6.92 Å². The summed E-state index contributed by atoms with van der Waals surface area (Å²) in [6.45, 7) is 2.21. The van der Waals surface area contributed by atoms with Crippen LogP contribution in [0.25, 0.3) is 0 Å². The van der Waals surface area contributed by atoms with Gasteiger partial charge in [-0.25, -0.2) is 8.42 Å². The predicted octanol–water partition coefficient (Wildman–Crippen LogP) is 1.90. The third-order valence-electron chi connectivity index (χ3n) is 3.82. The SMILES string of the molecule is CCCCCCCc1ccc(Oc2cccc(S(=O)(=O)[O-])c2)cc1.[Na+]. The minimum Gasteiger partial charge on any atom is -0.744 e. The van der Waals surface area contributed by atoms with Gasteiger partial charge in [-0.05, 0) is 48.7 Å². The van der Waals surface area contributed by atoms with E-state index < -0.39 is 10.1 Å². The summed E-state index contributed by atoms with van der Waals surface area (Å²) < 4.78 is 38.7. The Morgan fingerprint density at radius 1 is 0.920 bits per heavy atom. The number of ether oxygens (including phenoxy) is 1. The largest absolute Gasteiger partial charge is 1.00 e. The van der Waals surface area contributed by atoms with Gasteiger partial charge in [0.1, 0.15) is 21.6 Å². The van der Waals surface area contributed by atoms with Crippen LogP contribution in [-0.4, -0.2) is 13.0 Å². The van der Waals surface area contributed by atoms with E-state index in [1.807, 2.05) is 24.3 Å². The molecule has 0 heterocycles. The molecule has 2 aromatic carbocycles. The first-order chi connectivity index (χ1) is 11.5. The first-order valence-electron chi connectivity index (χ1n) is 8.32. The van der Waals surface area contributed by atoms with E-state index in [0.29, 0.717) is 11.5 Å². The Kier molecular flexibility index (Phi) is 9.75. The van der Waals surface area contributed by atoms with Crippen LogP contribution in [-0.2, 0) is 16.5 Å². The molecule has 0 saturated heterocycles.